The van der Waals surface area contributed by atoms with Crippen molar-refractivity contribution in [1.29, 1.82) is 0 Å². The SMILES string of the molecule is Brc1ccc2cnccc2c1.N. The van der Waals surface area contributed by atoms with Gasteiger partial charge in [-0.05, 0) is 23.6 Å². The Labute approximate surface area is 79.3 Å². The van der Waals surface area contributed by atoms with Crippen LogP contribution < -0.4 is 6.15 Å². The monoisotopic (exact) mass is 224 g/mol. The summed E-state index contributed by atoms with van der Waals surface area (Å²) in [7, 11) is 0. The van der Waals surface area contributed by atoms with Crippen LogP contribution in [0.2, 0.25) is 0 Å². The molecular formula is C9H9BrN2. The number of rotatable bonds is 0. The van der Waals surface area contributed by atoms with E-state index in [4.69, 9.17) is 0 Å². The van der Waals surface area contributed by atoms with E-state index in [1.807, 2.05) is 24.4 Å². The summed E-state index contributed by atoms with van der Waals surface area (Å²) in [6, 6.07) is 8.15. The summed E-state index contributed by atoms with van der Waals surface area (Å²) in [5, 5.41) is 2.39. The maximum Gasteiger partial charge on any atom is 0.0346 e. The summed E-state index contributed by atoms with van der Waals surface area (Å²) in [4.78, 5) is 4.03. The molecule has 2 aromatic rings. The van der Waals surface area contributed by atoms with Crippen molar-refractivity contribution in [3.05, 3.63) is 41.1 Å². The Morgan fingerprint density at radius 1 is 1.08 bits per heavy atom. The van der Waals surface area contributed by atoms with Gasteiger partial charge in [-0.25, -0.2) is 0 Å². The number of hydrogen-bond acceptors (Lipinski definition) is 2. The fourth-order valence-corrected chi connectivity index (χ4v) is 1.43. The number of halogens is 1. The molecular weight excluding hydrogens is 216 g/mol. The van der Waals surface area contributed by atoms with Crippen LogP contribution in [0, 0.1) is 0 Å². The van der Waals surface area contributed by atoms with Gasteiger partial charge in [-0.15, -0.1) is 0 Å². The normalized spacial score (nSPS) is 9.42. The lowest BCUT2D eigenvalue weighted by atomic mass is 10.2. The van der Waals surface area contributed by atoms with Crippen LogP contribution in [0.25, 0.3) is 10.8 Å². The van der Waals surface area contributed by atoms with Crippen molar-refractivity contribution in [2.45, 2.75) is 0 Å². The average Bonchev–Trinajstić information content (AvgIpc) is 2.04. The first kappa shape index (κ1) is 9.16. The molecule has 0 aliphatic rings. The second kappa shape index (κ2) is 3.65. The summed E-state index contributed by atoms with van der Waals surface area (Å²) >= 11 is 3.41. The second-order valence-electron chi connectivity index (χ2n) is 2.37. The molecule has 0 atom stereocenters. The fourth-order valence-electron chi connectivity index (χ4n) is 1.05. The summed E-state index contributed by atoms with van der Waals surface area (Å²) in [6.07, 6.45) is 3.66. The zero-order chi connectivity index (χ0) is 7.68. The second-order valence-corrected chi connectivity index (χ2v) is 3.28. The van der Waals surface area contributed by atoms with Crippen molar-refractivity contribution >= 4 is 26.7 Å². The van der Waals surface area contributed by atoms with Crippen LogP contribution >= 0.6 is 15.9 Å². The van der Waals surface area contributed by atoms with Crippen LogP contribution in [-0.2, 0) is 0 Å². The molecule has 1 aromatic heterocycles. The van der Waals surface area contributed by atoms with Crippen molar-refractivity contribution in [3.8, 4) is 0 Å². The number of aromatic nitrogens is 1. The van der Waals surface area contributed by atoms with E-state index in [1.165, 1.54) is 10.8 Å². The third-order valence-electron chi connectivity index (χ3n) is 1.60. The minimum Gasteiger partial charge on any atom is -0.344 e. The molecule has 0 unspecified atom stereocenters. The van der Waals surface area contributed by atoms with Gasteiger partial charge in [0.1, 0.15) is 0 Å². The van der Waals surface area contributed by atoms with E-state index in [1.54, 1.807) is 6.20 Å². The molecule has 0 bridgehead atoms. The first-order chi connectivity index (χ1) is 5.36. The van der Waals surface area contributed by atoms with Gasteiger partial charge in [0.05, 0.1) is 0 Å². The van der Waals surface area contributed by atoms with E-state index in [0.717, 1.165) is 4.47 Å². The lowest BCUT2D eigenvalue weighted by Gasteiger charge is -1.95. The predicted octanol–water partition coefficient (Wildman–Crippen LogP) is 3.16. The number of fused-ring (bicyclic) bond motifs is 1. The number of pyridine rings is 1. The van der Waals surface area contributed by atoms with Gasteiger partial charge < -0.3 is 6.15 Å². The molecule has 1 heterocycles. The zero-order valence-electron chi connectivity index (χ0n) is 6.50. The third kappa shape index (κ3) is 1.62. The highest BCUT2D eigenvalue weighted by atomic mass is 79.9. The first-order valence-corrected chi connectivity index (χ1v) is 4.15. The van der Waals surface area contributed by atoms with Gasteiger partial charge in [-0.3, -0.25) is 4.98 Å². The molecule has 0 fully saturated rings. The zero-order valence-corrected chi connectivity index (χ0v) is 8.08. The van der Waals surface area contributed by atoms with E-state index < -0.39 is 0 Å². The third-order valence-corrected chi connectivity index (χ3v) is 2.10. The van der Waals surface area contributed by atoms with Crippen LogP contribution in [0.3, 0.4) is 0 Å². The molecule has 3 N–H and O–H groups in total. The summed E-state index contributed by atoms with van der Waals surface area (Å²) < 4.78 is 1.11. The van der Waals surface area contributed by atoms with Crippen LogP contribution in [0.15, 0.2) is 41.1 Å². The molecule has 3 heteroatoms. The quantitative estimate of drug-likeness (QED) is 0.748. The van der Waals surface area contributed by atoms with E-state index in [-0.39, 0.29) is 6.15 Å². The highest BCUT2D eigenvalue weighted by Crippen LogP contribution is 2.17. The van der Waals surface area contributed by atoms with Crippen molar-refractivity contribution < 1.29 is 0 Å². The van der Waals surface area contributed by atoms with E-state index in [2.05, 4.69) is 27.0 Å². The summed E-state index contributed by atoms with van der Waals surface area (Å²) in [6.45, 7) is 0. The Balaban J connectivity index is 0.000000720. The molecule has 0 aliphatic heterocycles. The molecule has 0 saturated carbocycles. The van der Waals surface area contributed by atoms with Crippen LogP contribution in [0.1, 0.15) is 0 Å². The molecule has 0 amide bonds. The van der Waals surface area contributed by atoms with Crippen LogP contribution in [-0.4, -0.2) is 4.98 Å². The first-order valence-electron chi connectivity index (χ1n) is 3.35. The van der Waals surface area contributed by atoms with Gasteiger partial charge in [0.15, 0.2) is 0 Å². The van der Waals surface area contributed by atoms with Gasteiger partial charge in [0, 0.05) is 22.3 Å². The van der Waals surface area contributed by atoms with Crippen molar-refractivity contribution in [2.24, 2.45) is 0 Å². The molecule has 0 spiro atoms. The maximum atomic E-state index is 4.03. The highest BCUT2D eigenvalue weighted by Gasteiger charge is 1.91. The highest BCUT2D eigenvalue weighted by molar-refractivity contribution is 9.10. The van der Waals surface area contributed by atoms with Crippen LogP contribution in [0.4, 0.5) is 0 Å². The molecule has 62 valence electrons. The predicted molar refractivity (Wildman–Crippen MR) is 54.5 cm³/mol. The Bertz CT molecular complexity index is 387. The Morgan fingerprint density at radius 2 is 1.92 bits per heavy atom. The molecule has 2 rings (SSSR count). The van der Waals surface area contributed by atoms with Gasteiger partial charge in [-0.1, -0.05) is 22.0 Å². The van der Waals surface area contributed by atoms with Gasteiger partial charge in [-0.2, -0.15) is 0 Å². The molecule has 12 heavy (non-hydrogen) atoms. The number of hydrogen-bond donors (Lipinski definition) is 1. The lowest BCUT2D eigenvalue weighted by Crippen LogP contribution is -1.73. The molecule has 0 saturated heterocycles. The minimum absolute atomic E-state index is 0. The topological polar surface area (TPSA) is 47.9 Å². The Morgan fingerprint density at radius 3 is 2.75 bits per heavy atom. The number of nitrogens with zero attached hydrogens (tertiary/aromatic N) is 1. The maximum absolute atomic E-state index is 4.03. The molecule has 0 radical (unpaired) electrons. The van der Waals surface area contributed by atoms with Crippen LogP contribution in [0.5, 0.6) is 0 Å². The number of benzene rings is 1. The Kier molecular flexibility index (Phi) is 2.78. The van der Waals surface area contributed by atoms with E-state index in [9.17, 15) is 0 Å². The largest absolute Gasteiger partial charge is 0.344 e. The Hall–Kier alpha value is -0.930. The van der Waals surface area contributed by atoms with Gasteiger partial charge in [0.25, 0.3) is 0 Å². The average molecular weight is 225 g/mol. The van der Waals surface area contributed by atoms with Gasteiger partial charge in [0.2, 0.25) is 0 Å². The lowest BCUT2D eigenvalue weighted by molar-refractivity contribution is 1.36. The standard InChI is InChI=1S/C9H6BrN.H3N/c10-9-2-1-8-6-11-4-3-7(8)5-9;/h1-6H;1H3. The minimum atomic E-state index is 0. The smallest absolute Gasteiger partial charge is 0.0346 e. The molecule has 2 nitrogen and oxygen atoms in total. The van der Waals surface area contributed by atoms with E-state index >= 15 is 0 Å². The van der Waals surface area contributed by atoms with Crippen molar-refractivity contribution in [3.63, 3.8) is 0 Å². The summed E-state index contributed by atoms with van der Waals surface area (Å²) in [5.74, 6) is 0. The van der Waals surface area contributed by atoms with Gasteiger partial charge >= 0.3 is 0 Å². The van der Waals surface area contributed by atoms with Crippen molar-refractivity contribution in [2.75, 3.05) is 0 Å². The summed E-state index contributed by atoms with van der Waals surface area (Å²) in [5.41, 5.74) is 0. The fraction of sp³-hybridized carbons (Fsp3) is 0. The molecule has 0 aliphatic carbocycles. The molecule has 1 aromatic carbocycles. The van der Waals surface area contributed by atoms with E-state index in [0.29, 0.717) is 0 Å². The van der Waals surface area contributed by atoms with Crippen molar-refractivity contribution in [1.82, 2.24) is 11.1 Å².